The molecule has 0 amide bonds. The highest BCUT2D eigenvalue weighted by atomic mass is 32.2. The number of sulfone groups is 1. The first-order chi connectivity index (χ1) is 10.7. The molecule has 1 fully saturated rings. The number of halogens is 1. The number of aliphatic hydroxyl groups is 2. The van der Waals surface area contributed by atoms with Crippen LogP contribution in [0.5, 0.6) is 0 Å². The largest absolute Gasteiger partial charge is 0.394 e. The van der Waals surface area contributed by atoms with Gasteiger partial charge in [0.05, 0.1) is 29.1 Å². The third-order valence-corrected chi connectivity index (χ3v) is 7.32. The fraction of sp³-hybridized carbons (Fsp3) is 0.538. The van der Waals surface area contributed by atoms with Crippen LogP contribution in [0.2, 0.25) is 0 Å². The van der Waals surface area contributed by atoms with Crippen molar-refractivity contribution in [2.75, 3.05) is 24.7 Å². The third kappa shape index (κ3) is 4.27. The Morgan fingerprint density at radius 2 is 1.91 bits per heavy atom. The Labute approximate surface area is 134 Å². The zero-order valence-corrected chi connectivity index (χ0v) is 13.8. The number of aliphatic hydroxyl groups excluding tert-OH is 2. The molecule has 0 saturated carbocycles. The quantitative estimate of drug-likeness (QED) is 0.692. The molecule has 23 heavy (non-hydrogen) atoms. The average Bonchev–Trinajstić information content (AvgIpc) is 2.84. The number of nitrogens with zero attached hydrogens (tertiary/aromatic N) is 1. The van der Waals surface area contributed by atoms with E-state index in [2.05, 4.69) is 0 Å². The number of sulfonamides is 1. The molecular weight excluding hydrogens is 349 g/mol. The molecule has 1 heterocycles. The van der Waals surface area contributed by atoms with Gasteiger partial charge in [-0.2, -0.15) is 4.31 Å². The molecule has 0 radical (unpaired) electrons. The average molecular weight is 367 g/mol. The van der Waals surface area contributed by atoms with Gasteiger partial charge in [0.15, 0.2) is 9.84 Å². The van der Waals surface area contributed by atoms with Crippen molar-refractivity contribution < 1.29 is 31.4 Å². The van der Waals surface area contributed by atoms with E-state index in [0.717, 1.165) is 28.6 Å². The summed E-state index contributed by atoms with van der Waals surface area (Å²) in [5, 5.41) is 18.6. The Kier molecular flexibility index (Phi) is 5.41. The van der Waals surface area contributed by atoms with E-state index in [9.17, 15) is 26.3 Å². The minimum atomic E-state index is -4.13. The van der Waals surface area contributed by atoms with Crippen LogP contribution in [0.15, 0.2) is 29.2 Å². The molecule has 130 valence electrons. The smallest absolute Gasteiger partial charge is 0.243 e. The third-order valence-electron chi connectivity index (χ3n) is 3.64. The Morgan fingerprint density at radius 3 is 2.39 bits per heavy atom. The van der Waals surface area contributed by atoms with E-state index in [4.69, 9.17) is 5.11 Å². The van der Waals surface area contributed by atoms with E-state index in [0.29, 0.717) is 0 Å². The molecule has 0 aromatic heterocycles. The number of hydrogen-bond acceptors (Lipinski definition) is 6. The van der Waals surface area contributed by atoms with Crippen molar-refractivity contribution in [3.05, 3.63) is 30.1 Å². The highest BCUT2D eigenvalue weighted by Crippen LogP contribution is 2.25. The molecule has 1 aliphatic heterocycles. The lowest BCUT2D eigenvalue weighted by Crippen LogP contribution is -2.46. The van der Waals surface area contributed by atoms with Crippen molar-refractivity contribution >= 4 is 19.9 Å². The fourth-order valence-corrected chi connectivity index (χ4v) is 5.97. The van der Waals surface area contributed by atoms with Crippen molar-refractivity contribution in [2.24, 2.45) is 0 Å². The first-order valence-electron chi connectivity index (χ1n) is 6.92. The minimum absolute atomic E-state index is 0.112. The van der Waals surface area contributed by atoms with Crippen molar-refractivity contribution in [2.45, 2.75) is 23.5 Å². The second-order valence-corrected chi connectivity index (χ2v) is 9.54. The second-order valence-electron chi connectivity index (χ2n) is 5.42. The molecular formula is C13H18FNO6S2. The van der Waals surface area contributed by atoms with E-state index in [1.165, 1.54) is 0 Å². The van der Waals surface area contributed by atoms with Crippen LogP contribution in [0.25, 0.3) is 0 Å². The zero-order valence-electron chi connectivity index (χ0n) is 12.2. The highest BCUT2D eigenvalue weighted by molar-refractivity contribution is 7.92. The first-order valence-corrected chi connectivity index (χ1v) is 10.2. The van der Waals surface area contributed by atoms with Crippen molar-refractivity contribution in [1.29, 1.82) is 0 Å². The monoisotopic (exact) mass is 367 g/mol. The maximum Gasteiger partial charge on any atom is 0.243 e. The van der Waals surface area contributed by atoms with Gasteiger partial charge in [-0.05, 0) is 30.7 Å². The van der Waals surface area contributed by atoms with Crippen LogP contribution in [-0.2, 0) is 19.9 Å². The lowest BCUT2D eigenvalue weighted by molar-refractivity contribution is 0.0730. The van der Waals surface area contributed by atoms with Crippen LogP contribution in [0.4, 0.5) is 4.39 Å². The molecule has 2 N–H and O–H groups in total. The van der Waals surface area contributed by atoms with Crippen LogP contribution in [0.1, 0.15) is 6.42 Å². The number of rotatable bonds is 6. The molecule has 0 spiro atoms. The summed E-state index contributed by atoms with van der Waals surface area (Å²) in [6.45, 7) is -1.09. The molecule has 0 bridgehead atoms. The molecule has 0 unspecified atom stereocenters. The first kappa shape index (κ1) is 18.3. The number of benzene rings is 1. The van der Waals surface area contributed by atoms with Gasteiger partial charge in [-0.3, -0.25) is 0 Å². The topological polar surface area (TPSA) is 112 Å². The van der Waals surface area contributed by atoms with Crippen LogP contribution in [0.3, 0.4) is 0 Å². The molecule has 1 saturated heterocycles. The van der Waals surface area contributed by atoms with E-state index < -0.39 is 51.0 Å². The van der Waals surface area contributed by atoms with Crippen LogP contribution in [0, 0.1) is 5.82 Å². The van der Waals surface area contributed by atoms with Gasteiger partial charge in [-0.15, -0.1) is 0 Å². The summed E-state index contributed by atoms with van der Waals surface area (Å²) in [5.74, 6) is -1.08. The predicted octanol–water partition coefficient (Wildman–Crippen LogP) is -0.643. The van der Waals surface area contributed by atoms with Crippen molar-refractivity contribution in [1.82, 2.24) is 4.31 Å². The van der Waals surface area contributed by atoms with Gasteiger partial charge in [0.25, 0.3) is 0 Å². The zero-order chi connectivity index (χ0) is 17.3. The van der Waals surface area contributed by atoms with E-state index in [-0.39, 0.29) is 22.8 Å². The molecule has 2 atom stereocenters. The molecule has 2 rings (SSSR count). The van der Waals surface area contributed by atoms with E-state index in [1.807, 2.05) is 0 Å². The number of hydrogen-bond donors (Lipinski definition) is 2. The molecule has 7 nitrogen and oxygen atoms in total. The van der Waals surface area contributed by atoms with Crippen molar-refractivity contribution in [3.8, 4) is 0 Å². The molecule has 1 aromatic carbocycles. The lowest BCUT2D eigenvalue weighted by Gasteiger charge is -2.28. The summed E-state index contributed by atoms with van der Waals surface area (Å²) in [6, 6.07) is 3.30. The Hall–Kier alpha value is -1.07. The Balaban J connectivity index is 2.37. The van der Waals surface area contributed by atoms with Crippen LogP contribution in [-0.4, -0.2) is 68.2 Å². The van der Waals surface area contributed by atoms with E-state index >= 15 is 0 Å². The maximum atomic E-state index is 13.0. The molecule has 0 aliphatic carbocycles. The van der Waals surface area contributed by atoms with Gasteiger partial charge < -0.3 is 10.2 Å². The summed E-state index contributed by atoms with van der Waals surface area (Å²) in [7, 11) is -7.47. The normalized spacial score (nSPS) is 22.3. The highest BCUT2D eigenvalue weighted by Gasteiger charge is 2.39. The summed E-state index contributed by atoms with van der Waals surface area (Å²) in [4.78, 5) is -0.201. The SMILES string of the molecule is O=S1(=O)CC[C@H](N(C[C@H](O)CO)S(=O)(=O)c2ccc(F)cc2)C1. The Bertz CT molecular complexity index is 747. The van der Waals surface area contributed by atoms with Gasteiger partial charge in [0.2, 0.25) is 10.0 Å². The van der Waals surface area contributed by atoms with Gasteiger partial charge in [0, 0.05) is 12.6 Å². The van der Waals surface area contributed by atoms with Gasteiger partial charge >= 0.3 is 0 Å². The molecule has 1 aromatic rings. The molecule has 10 heteroatoms. The minimum Gasteiger partial charge on any atom is -0.394 e. The summed E-state index contributed by atoms with van der Waals surface area (Å²) in [6.07, 6.45) is -1.23. The predicted molar refractivity (Wildman–Crippen MR) is 80.4 cm³/mol. The summed E-state index contributed by atoms with van der Waals surface area (Å²) >= 11 is 0. The second kappa shape index (κ2) is 6.81. The standard InChI is InChI=1S/C13H18FNO6S2/c14-10-1-3-13(4-2-10)23(20,21)15(7-12(17)8-16)11-5-6-22(18,19)9-11/h1-4,11-12,16-17H,5-9H2/t11-,12-/m0/s1. The van der Waals surface area contributed by atoms with Crippen LogP contribution >= 0.6 is 0 Å². The molecule has 1 aliphatic rings. The van der Waals surface area contributed by atoms with Crippen molar-refractivity contribution in [3.63, 3.8) is 0 Å². The Morgan fingerprint density at radius 1 is 1.30 bits per heavy atom. The van der Waals surface area contributed by atoms with E-state index in [1.54, 1.807) is 0 Å². The lowest BCUT2D eigenvalue weighted by atomic mass is 10.2. The van der Waals surface area contributed by atoms with Crippen LogP contribution < -0.4 is 0 Å². The summed E-state index contributed by atoms with van der Waals surface area (Å²) in [5.41, 5.74) is 0. The summed E-state index contributed by atoms with van der Waals surface area (Å²) < 4.78 is 62.5. The van der Waals surface area contributed by atoms with Gasteiger partial charge in [-0.1, -0.05) is 0 Å². The fourth-order valence-electron chi connectivity index (χ4n) is 2.45. The van der Waals surface area contributed by atoms with Gasteiger partial charge in [0.1, 0.15) is 5.82 Å². The van der Waals surface area contributed by atoms with Gasteiger partial charge in [-0.25, -0.2) is 21.2 Å². The maximum absolute atomic E-state index is 13.0.